The van der Waals surface area contributed by atoms with Crippen molar-refractivity contribution in [2.24, 2.45) is 0 Å². The SMILES string of the molecule is COc1ccc2c(C(=O)c3ccc(OS(=O)(=O)C(F)(F)F)cc3)c(-c3ccc(C)cc3)sc2c1. The van der Waals surface area contributed by atoms with Gasteiger partial charge in [0.1, 0.15) is 11.5 Å². The third-order valence-corrected chi connectivity index (χ3v) is 7.22. The molecule has 0 fully saturated rings. The van der Waals surface area contributed by atoms with E-state index in [2.05, 4.69) is 4.18 Å². The van der Waals surface area contributed by atoms with Crippen molar-refractivity contribution in [1.82, 2.24) is 0 Å². The molecule has 176 valence electrons. The van der Waals surface area contributed by atoms with Crippen LogP contribution in [0.4, 0.5) is 13.2 Å². The lowest BCUT2D eigenvalue weighted by Crippen LogP contribution is -2.28. The Morgan fingerprint density at radius 3 is 2.12 bits per heavy atom. The molecule has 4 aromatic rings. The molecule has 0 aliphatic heterocycles. The van der Waals surface area contributed by atoms with Gasteiger partial charge in [-0.15, -0.1) is 11.3 Å². The fourth-order valence-electron chi connectivity index (χ4n) is 3.32. The molecule has 0 amide bonds. The van der Waals surface area contributed by atoms with Gasteiger partial charge in [-0.25, -0.2) is 0 Å². The number of ketones is 1. The van der Waals surface area contributed by atoms with Gasteiger partial charge in [-0.2, -0.15) is 21.6 Å². The van der Waals surface area contributed by atoms with Crippen molar-refractivity contribution < 1.29 is 35.3 Å². The van der Waals surface area contributed by atoms with Crippen LogP contribution in [0, 0.1) is 6.92 Å². The Morgan fingerprint density at radius 2 is 1.53 bits per heavy atom. The van der Waals surface area contributed by atoms with Crippen LogP contribution in [0.15, 0.2) is 66.7 Å². The molecule has 0 bridgehead atoms. The van der Waals surface area contributed by atoms with Gasteiger partial charge in [0.25, 0.3) is 0 Å². The summed E-state index contributed by atoms with van der Waals surface area (Å²) in [6, 6.07) is 17.5. The van der Waals surface area contributed by atoms with Crippen molar-refractivity contribution in [3.05, 3.63) is 83.4 Å². The fourth-order valence-corrected chi connectivity index (χ4v) is 5.01. The molecule has 0 radical (unpaired) electrons. The van der Waals surface area contributed by atoms with E-state index in [1.54, 1.807) is 19.2 Å². The molecule has 10 heteroatoms. The van der Waals surface area contributed by atoms with E-state index in [-0.39, 0.29) is 11.3 Å². The van der Waals surface area contributed by atoms with Crippen LogP contribution in [-0.2, 0) is 10.1 Å². The number of fused-ring (bicyclic) bond motifs is 1. The monoisotopic (exact) mass is 506 g/mol. The van der Waals surface area contributed by atoms with Crippen molar-refractivity contribution in [3.8, 4) is 21.9 Å². The van der Waals surface area contributed by atoms with Gasteiger partial charge in [-0.05, 0) is 55.0 Å². The van der Waals surface area contributed by atoms with Gasteiger partial charge < -0.3 is 8.92 Å². The van der Waals surface area contributed by atoms with Crippen LogP contribution in [0.1, 0.15) is 21.5 Å². The highest BCUT2D eigenvalue weighted by molar-refractivity contribution is 7.88. The molecule has 0 saturated carbocycles. The first-order valence-corrected chi connectivity index (χ1v) is 12.1. The van der Waals surface area contributed by atoms with Crippen LogP contribution in [-0.4, -0.2) is 26.8 Å². The van der Waals surface area contributed by atoms with Crippen LogP contribution in [0.25, 0.3) is 20.5 Å². The highest BCUT2D eigenvalue weighted by Crippen LogP contribution is 2.41. The average Bonchev–Trinajstić information content (AvgIpc) is 3.17. The standard InChI is InChI=1S/C24H17F3O5S2/c1-14-3-5-16(6-4-14)23-21(19-12-11-18(31-2)13-20(19)33-23)22(28)15-7-9-17(10-8-15)32-34(29,30)24(25,26)27/h3-13H,1-2H3. The van der Waals surface area contributed by atoms with Gasteiger partial charge in [0.2, 0.25) is 0 Å². The number of carbonyl (C=O) groups is 1. The van der Waals surface area contributed by atoms with E-state index in [0.29, 0.717) is 16.7 Å². The fraction of sp³-hybridized carbons (Fsp3) is 0.125. The summed E-state index contributed by atoms with van der Waals surface area (Å²) in [4.78, 5) is 14.3. The maximum absolute atomic E-state index is 13.5. The second-order valence-electron chi connectivity index (χ2n) is 7.37. The Kier molecular flexibility index (Phi) is 6.13. The number of alkyl halides is 3. The van der Waals surface area contributed by atoms with E-state index in [0.717, 1.165) is 32.8 Å². The first-order valence-electron chi connectivity index (χ1n) is 9.83. The largest absolute Gasteiger partial charge is 0.534 e. The summed E-state index contributed by atoms with van der Waals surface area (Å²) < 4.78 is 70.4. The van der Waals surface area contributed by atoms with Crippen molar-refractivity contribution in [2.45, 2.75) is 12.4 Å². The van der Waals surface area contributed by atoms with E-state index in [1.165, 1.54) is 23.5 Å². The minimum absolute atomic E-state index is 0.167. The lowest BCUT2D eigenvalue weighted by atomic mass is 9.97. The van der Waals surface area contributed by atoms with Crippen LogP contribution in [0.3, 0.4) is 0 Å². The predicted molar refractivity (Wildman–Crippen MR) is 124 cm³/mol. The van der Waals surface area contributed by atoms with Gasteiger partial charge in [0.05, 0.1) is 7.11 Å². The zero-order valence-electron chi connectivity index (χ0n) is 17.8. The summed E-state index contributed by atoms with van der Waals surface area (Å²) in [6.07, 6.45) is 0. The number of thiophene rings is 1. The normalized spacial score (nSPS) is 12.0. The van der Waals surface area contributed by atoms with Crippen LogP contribution >= 0.6 is 11.3 Å². The molecule has 0 atom stereocenters. The third kappa shape index (κ3) is 4.51. The molecule has 0 saturated heterocycles. The second kappa shape index (κ2) is 8.77. The Labute approximate surface area is 197 Å². The number of carbonyl (C=O) groups excluding carboxylic acids is 1. The van der Waals surface area contributed by atoms with Crippen LogP contribution in [0.2, 0.25) is 0 Å². The number of benzene rings is 3. The lowest BCUT2D eigenvalue weighted by Gasteiger charge is -2.10. The molecule has 0 N–H and O–H groups in total. The Morgan fingerprint density at radius 1 is 0.912 bits per heavy atom. The van der Waals surface area contributed by atoms with Crippen LogP contribution in [0.5, 0.6) is 11.5 Å². The number of rotatable bonds is 6. The minimum Gasteiger partial charge on any atom is -0.497 e. The Bertz CT molecular complexity index is 1470. The van der Waals surface area contributed by atoms with Gasteiger partial charge >= 0.3 is 15.6 Å². The van der Waals surface area contributed by atoms with Crippen molar-refractivity contribution in [3.63, 3.8) is 0 Å². The molecule has 0 unspecified atom stereocenters. The molecule has 34 heavy (non-hydrogen) atoms. The van der Waals surface area contributed by atoms with E-state index in [4.69, 9.17) is 4.74 Å². The summed E-state index contributed by atoms with van der Waals surface area (Å²) >= 11 is 1.42. The summed E-state index contributed by atoms with van der Waals surface area (Å²) in [5.74, 6) is -0.277. The van der Waals surface area contributed by atoms with E-state index in [1.807, 2.05) is 37.3 Å². The van der Waals surface area contributed by atoms with E-state index >= 15 is 0 Å². The first-order chi connectivity index (χ1) is 16.0. The Hall–Kier alpha value is -3.37. The third-order valence-electron chi connectivity index (χ3n) is 5.04. The maximum Gasteiger partial charge on any atom is 0.534 e. The summed E-state index contributed by atoms with van der Waals surface area (Å²) in [5.41, 5.74) is -3.06. The average molecular weight is 507 g/mol. The quantitative estimate of drug-likeness (QED) is 0.173. The van der Waals surface area contributed by atoms with Gasteiger partial charge in [0, 0.05) is 26.1 Å². The maximum atomic E-state index is 13.5. The molecule has 0 aliphatic rings. The lowest BCUT2D eigenvalue weighted by molar-refractivity contribution is -0.0500. The highest BCUT2D eigenvalue weighted by atomic mass is 32.2. The van der Waals surface area contributed by atoms with Crippen molar-refractivity contribution in [2.75, 3.05) is 7.11 Å². The van der Waals surface area contributed by atoms with Crippen LogP contribution < -0.4 is 8.92 Å². The number of halogens is 3. The van der Waals surface area contributed by atoms with Crippen molar-refractivity contribution in [1.29, 1.82) is 0 Å². The highest BCUT2D eigenvalue weighted by Gasteiger charge is 2.48. The number of hydrogen-bond donors (Lipinski definition) is 0. The molecule has 5 nitrogen and oxygen atoms in total. The molecular weight excluding hydrogens is 489 g/mol. The second-order valence-corrected chi connectivity index (χ2v) is 9.96. The molecule has 4 rings (SSSR count). The molecule has 0 aliphatic carbocycles. The molecule has 3 aromatic carbocycles. The molecule has 1 heterocycles. The number of ether oxygens (including phenoxy) is 1. The number of methoxy groups -OCH3 is 1. The topological polar surface area (TPSA) is 69.7 Å². The Balaban J connectivity index is 1.77. The minimum atomic E-state index is -5.80. The van der Waals surface area contributed by atoms with Gasteiger partial charge in [-0.1, -0.05) is 29.8 Å². The summed E-state index contributed by atoms with van der Waals surface area (Å²) in [7, 11) is -4.26. The van der Waals surface area contributed by atoms with E-state index in [9.17, 15) is 26.4 Å². The van der Waals surface area contributed by atoms with Crippen molar-refractivity contribution >= 4 is 37.3 Å². The van der Waals surface area contributed by atoms with Gasteiger partial charge in [-0.3, -0.25) is 4.79 Å². The first kappa shape index (κ1) is 23.8. The van der Waals surface area contributed by atoms with Gasteiger partial charge in [0.15, 0.2) is 5.78 Å². The predicted octanol–water partition coefficient (Wildman–Crippen LogP) is 6.34. The summed E-state index contributed by atoms with van der Waals surface area (Å²) in [5, 5.41) is 0.700. The zero-order valence-corrected chi connectivity index (χ0v) is 19.5. The number of hydrogen-bond acceptors (Lipinski definition) is 6. The molecule has 1 aromatic heterocycles. The summed E-state index contributed by atoms with van der Waals surface area (Å²) in [6.45, 7) is 1.95. The molecular formula is C24H17F3O5S2. The molecule has 0 spiro atoms. The zero-order chi connectivity index (χ0) is 24.7. The van der Waals surface area contributed by atoms with E-state index < -0.39 is 21.4 Å². The smallest absolute Gasteiger partial charge is 0.497 e. The number of aryl methyl sites for hydroxylation is 1.